The Bertz CT molecular complexity index is 1450. The van der Waals surface area contributed by atoms with Crippen molar-refractivity contribution in [2.45, 2.75) is 33.4 Å². The van der Waals surface area contributed by atoms with Gasteiger partial charge >= 0.3 is 0 Å². The number of benzene rings is 2. The Morgan fingerprint density at radius 3 is 2.53 bits per heavy atom. The molecule has 1 aromatic heterocycles. The van der Waals surface area contributed by atoms with Gasteiger partial charge in [-0.2, -0.15) is 5.26 Å². The van der Waals surface area contributed by atoms with E-state index >= 15 is 0 Å². The minimum atomic E-state index is -0.996. The number of halogens is 3. The van der Waals surface area contributed by atoms with Crippen LogP contribution in [0, 0.1) is 34.7 Å². The average Bonchev–Trinajstić information content (AvgIpc) is 3.44. The molecule has 0 aliphatic carbocycles. The molecule has 7 nitrogen and oxygen atoms in total. The summed E-state index contributed by atoms with van der Waals surface area (Å²) in [4.78, 5) is 26.4. The number of guanidine groups is 1. The molecule has 1 atom stereocenters. The molecule has 10 heteroatoms. The predicted octanol–water partition coefficient (Wildman–Crippen LogP) is 4.56. The van der Waals surface area contributed by atoms with Crippen molar-refractivity contribution in [2.24, 2.45) is 10.9 Å². The van der Waals surface area contributed by atoms with Gasteiger partial charge in [-0.05, 0) is 48.7 Å². The summed E-state index contributed by atoms with van der Waals surface area (Å²) >= 11 is 0. The molecule has 2 aromatic carbocycles. The van der Waals surface area contributed by atoms with Gasteiger partial charge < -0.3 is 4.57 Å². The normalized spacial score (nSPS) is 16.8. The summed E-state index contributed by atoms with van der Waals surface area (Å²) < 4.78 is 43.9. The third-order valence-electron chi connectivity index (χ3n) is 6.54. The number of hydrogen-bond acceptors (Lipinski definition) is 5. The average molecular weight is 493 g/mol. The van der Waals surface area contributed by atoms with Crippen LogP contribution < -0.4 is 4.90 Å². The SMILES string of the molecule is CCN1C(=O)c2nc(-c3ccc(C#N)c(F)c3)n(Cc3ccc(F)c(F)c3)c2N2C[C@@H](C(C)C)N=C12. The summed E-state index contributed by atoms with van der Waals surface area (Å²) in [6.45, 7) is 6.89. The van der Waals surface area contributed by atoms with Crippen molar-refractivity contribution in [3.05, 3.63) is 70.7 Å². The lowest BCUT2D eigenvalue weighted by atomic mass is 10.1. The third-order valence-corrected chi connectivity index (χ3v) is 6.54. The van der Waals surface area contributed by atoms with Crippen molar-refractivity contribution in [1.29, 1.82) is 5.26 Å². The summed E-state index contributed by atoms with van der Waals surface area (Å²) in [7, 11) is 0. The van der Waals surface area contributed by atoms with E-state index in [1.54, 1.807) is 21.6 Å². The first-order chi connectivity index (χ1) is 17.2. The number of imidazole rings is 1. The van der Waals surface area contributed by atoms with Crippen LogP contribution in [0.3, 0.4) is 0 Å². The number of rotatable bonds is 5. The van der Waals surface area contributed by atoms with Crippen LogP contribution in [0.25, 0.3) is 11.4 Å². The van der Waals surface area contributed by atoms with E-state index in [0.29, 0.717) is 36.0 Å². The van der Waals surface area contributed by atoms with Gasteiger partial charge in [0.05, 0.1) is 24.7 Å². The highest BCUT2D eigenvalue weighted by Crippen LogP contribution is 2.38. The number of carbonyl (C=O) groups is 1. The molecular formula is C26H23F3N6O. The van der Waals surface area contributed by atoms with Gasteiger partial charge in [0.25, 0.3) is 5.91 Å². The van der Waals surface area contributed by atoms with Crippen molar-refractivity contribution in [1.82, 2.24) is 14.5 Å². The van der Waals surface area contributed by atoms with Crippen molar-refractivity contribution in [3.8, 4) is 17.5 Å². The van der Waals surface area contributed by atoms with Gasteiger partial charge in [-0.1, -0.05) is 19.9 Å². The molecule has 0 spiro atoms. The molecule has 2 aliphatic heterocycles. The van der Waals surface area contributed by atoms with Crippen LogP contribution in [0.2, 0.25) is 0 Å². The number of hydrogen-bond donors (Lipinski definition) is 0. The van der Waals surface area contributed by atoms with Crippen LogP contribution in [0.5, 0.6) is 0 Å². The number of amides is 1. The zero-order valence-electron chi connectivity index (χ0n) is 20.0. The second-order valence-electron chi connectivity index (χ2n) is 9.15. The number of aromatic nitrogens is 2. The lowest BCUT2D eigenvalue weighted by Crippen LogP contribution is -2.50. The minimum absolute atomic E-state index is 0.0476. The molecule has 0 unspecified atom stereocenters. The Morgan fingerprint density at radius 1 is 1.11 bits per heavy atom. The number of nitriles is 1. The maximum Gasteiger partial charge on any atom is 0.283 e. The molecule has 3 aromatic rings. The third kappa shape index (κ3) is 3.71. The topological polar surface area (TPSA) is 77.5 Å². The molecule has 36 heavy (non-hydrogen) atoms. The highest BCUT2D eigenvalue weighted by molar-refractivity contribution is 6.18. The highest BCUT2D eigenvalue weighted by atomic mass is 19.2. The molecule has 5 rings (SSSR count). The monoisotopic (exact) mass is 492 g/mol. The van der Waals surface area contributed by atoms with Crippen molar-refractivity contribution < 1.29 is 18.0 Å². The van der Waals surface area contributed by atoms with E-state index in [1.165, 1.54) is 18.2 Å². The first-order valence-electron chi connectivity index (χ1n) is 11.6. The summed E-state index contributed by atoms with van der Waals surface area (Å²) in [5.74, 6) is -1.56. The molecule has 1 amide bonds. The van der Waals surface area contributed by atoms with Crippen molar-refractivity contribution in [3.63, 3.8) is 0 Å². The summed E-state index contributed by atoms with van der Waals surface area (Å²) in [5.41, 5.74) is 0.831. The Morgan fingerprint density at radius 2 is 1.89 bits per heavy atom. The van der Waals surface area contributed by atoms with E-state index in [0.717, 1.165) is 12.1 Å². The molecule has 3 heterocycles. The number of nitrogens with zero attached hydrogens (tertiary/aromatic N) is 6. The van der Waals surface area contributed by atoms with Crippen LogP contribution in [-0.2, 0) is 6.54 Å². The van der Waals surface area contributed by atoms with Gasteiger partial charge in [-0.25, -0.2) is 23.1 Å². The highest BCUT2D eigenvalue weighted by Gasteiger charge is 2.44. The molecule has 0 radical (unpaired) electrons. The molecular weight excluding hydrogens is 469 g/mol. The van der Waals surface area contributed by atoms with Crippen LogP contribution in [0.15, 0.2) is 41.4 Å². The Kier molecular flexibility index (Phi) is 5.79. The zero-order valence-corrected chi connectivity index (χ0v) is 20.0. The Hall–Kier alpha value is -4.13. The molecule has 0 N–H and O–H groups in total. The lowest BCUT2D eigenvalue weighted by molar-refractivity contribution is 0.0841. The van der Waals surface area contributed by atoms with Gasteiger partial charge in [0.15, 0.2) is 17.3 Å². The molecule has 0 fully saturated rings. The number of carbonyl (C=O) groups excluding carboxylic acids is 1. The van der Waals surface area contributed by atoms with E-state index in [2.05, 4.69) is 18.8 Å². The molecule has 0 bridgehead atoms. The van der Waals surface area contributed by atoms with E-state index in [-0.39, 0.29) is 41.5 Å². The summed E-state index contributed by atoms with van der Waals surface area (Å²) in [5, 5.41) is 9.13. The van der Waals surface area contributed by atoms with Crippen LogP contribution >= 0.6 is 0 Å². The molecule has 0 saturated heterocycles. The van der Waals surface area contributed by atoms with Gasteiger partial charge in [0.1, 0.15) is 23.5 Å². The van der Waals surface area contributed by atoms with Gasteiger partial charge in [-0.3, -0.25) is 14.6 Å². The van der Waals surface area contributed by atoms with Crippen molar-refractivity contribution in [2.75, 3.05) is 18.0 Å². The van der Waals surface area contributed by atoms with Crippen LogP contribution in [0.4, 0.5) is 19.0 Å². The second kappa shape index (κ2) is 8.82. The van der Waals surface area contributed by atoms with E-state index in [4.69, 9.17) is 10.3 Å². The largest absolute Gasteiger partial charge is 0.305 e. The van der Waals surface area contributed by atoms with Gasteiger partial charge in [0, 0.05) is 12.1 Å². The quantitative estimate of drug-likeness (QED) is 0.523. The zero-order chi connectivity index (χ0) is 25.7. The summed E-state index contributed by atoms with van der Waals surface area (Å²) in [6.07, 6.45) is 0. The number of aliphatic imine (C=N–C) groups is 1. The second-order valence-corrected chi connectivity index (χ2v) is 9.15. The molecule has 2 aliphatic rings. The van der Waals surface area contributed by atoms with Crippen LogP contribution in [0.1, 0.15) is 42.4 Å². The molecule has 0 saturated carbocycles. The van der Waals surface area contributed by atoms with E-state index in [9.17, 15) is 18.0 Å². The first-order valence-corrected chi connectivity index (χ1v) is 11.6. The van der Waals surface area contributed by atoms with Crippen molar-refractivity contribution >= 4 is 17.7 Å². The standard InChI is InChI=1S/C26H23F3N6O/c1-4-33-25(36)22-24(35-13-21(14(2)3)31-26(33)35)34(12-15-5-8-18(27)20(29)9-15)23(32-22)16-6-7-17(11-30)19(28)10-16/h5-10,14,21H,4,12-13H2,1-3H3/t21-/m0/s1. The van der Waals surface area contributed by atoms with Gasteiger partial charge in [0.2, 0.25) is 5.96 Å². The molecule has 184 valence electrons. The minimum Gasteiger partial charge on any atom is -0.305 e. The summed E-state index contributed by atoms with van der Waals surface area (Å²) in [6, 6.07) is 9.39. The Labute approximate surface area is 206 Å². The van der Waals surface area contributed by atoms with E-state index < -0.39 is 17.5 Å². The first kappa shape index (κ1) is 23.6. The number of fused-ring (bicyclic) bond motifs is 3. The smallest absolute Gasteiger partial charge is 0.283 e. The van der Waals surface area contributed by atoms with Crippen LogP contribution in [-0.4, -0.2) is 45.4 Å². The fraction of sp³-hybridized carbons (Fsp3) is 0.308. The fourth-order valence-electron chi connectivity index (χ4n) is 4.58. The predicted molar refractivity (Wildman–Crippen MR) is 128 cm³/mol. The van der Waals surface area contributed by atoms with E-state index in [1.807, 2.05) is 11.8 Å². The maximum absolute atomic E-state index is 14.6. The lowest BCUT2D eigenvalue weighted by Gasteiger charge is -2.33. The Balaban J connectivity index is 1.73. The fourth-order valence-corrected chi connectivity index (χ4v) is 4.58. The maximum atomic E-state index is 14.6. The number of anilines is 1. The van der Waals surface area contributed by atoms with Gasteiger partial charge in [-0.15, -0.1) is 0 Å².